The van der Waals surface area contributed by atoms with Crippen LogP contribution in [0.25, 0.3) is 10.8 Å². The van der Waals surface area contributed by atoms with Gasteiger partial charge in [-0.05, 0) is 67.7 Å². The molecule has 106 valence electrons. The minimum absolute atomic E-state index is 0.889. The molecule has 1 fully saturated rings. The average Bonchev–Trinajstić information content (AvgIpc) is 3.00. The predicted octanol–water partition coefficient (Wildman–Crippen LogP) is 2.97. The van der Waals surface area contributed by atoms with E-state index in [9.17, 15) is 0 Å². The fraction of sp³-hybridized carbons (Fsp3) is 0.444. The summed E-state index contributed by atoms with van der Waals surface area (Å²) >= 11 is 0. The van der Waals surface area contributed by atoms with E-state index in [-0.39, 0.29) is 0 Å². The van der Waals surface area contributed by atoms with Gasteiger partial charge < -0.3 is 10.6 Å². The summed E-state index contributed by atoms with van der Waals surface area (Å²) in [5.41, 5.74) is 1.46. The number of benzene rings is 2. The van der Waals surface area contributed by atoms with Crippen molar-refractivity contribution in [2.24, 2.45) is 5.92 Å². The van der Waals surface area contributed by atoms with Gasteiger partial charge in [0.25, 0.3) is 0 Å². The summed E-state index contributed by atoms with van der Waals surface area (Å²) in [5, 5.41) is 9.78. The van der Waals surface area contributed by atoms with Crippen molar-refractivity contribution in [3.05, 3.63) is 48.0 Å². The molecule has 1 unspecified atom stereocenters. The van der Waals surface area contributed by atoms with Crippen LogP contribution in [0.15, 0.2) is 42.5 Å². The molecule has 0 saturated carbocycles. The number of hydrogen-bond donors (Lipinski definition) is 2. The lowest BCUT2D eigenvalue weighted by atomic mass is 10.0. The highest BCUT2D eigenvalue weighted by Crippen LogP contribution is 2.18. The molecule has 0 amide bonds. The van der Waals surface area contributed by atoms with Crippen molar-refractivity contribution >= 4 is 10.8 Å². The second-order valence-electron chi connectivity index (χ2n) is 5.79. The lowest BCUT2D eigenvalue weighted by molar-refractivity contribution is 0.502. The Balaban J connectivity index is 1.47. The van der Waals surface area contributed by atoms with E-state index in [0.717, 1.165) is 25.4 Å². The van der Waals surface area contributed by atoms with Crippen LogP contribution >= 0.6 is 0 Å². The van der Waals surface area contributed by atoms with Gasteiger partial charge in [-0.3, -0.25) is 0 Å². The second-order valence-corrected chi connectivity index (χ2v) is 5.79. The van der Waals surface area contributed by atoms with Crippen molar-refractivity contribution in [2.75, 3.05) is 26.2 Å². The van der Waals surface area contributed by atoms with Crippen LogP contribution in [0.5, 0.6) is 0 Å². The van der Waals surface area contributed by atoms with E-state index < -0.39 is 0 Å². The largest absolute Gasteiger partial charge is 0.316 e. The molecule has 2 aromatic carbocycles. The molecule has 1 saturated heterocycles. The summed E-state index contributed by atoms with van der Waals surface area (Å²) in [7, 11) is 0. The molecular weight excluding hydrogens is 244 g/mol. The summed E-state index contributed by atoms with van der Waals surface area (Å²) in [4.78, 5) is 0. The Morgan fingerprint density at radius 1 is 1.05 bits per heavy atom. The summed E-state index contributed by atoms with van der Waals surface area (Å²) in [5.74, 6) is 0.889. The van der Waals surface area contributed by atoms with Gasteiger partial charge in [0.1, 0.15) is 0 Å². The van der Waals surface area contributed by atoms with Crippen molar-refractivity contribution in [2.45, 2.75) is 19.3 Å². The Bertz CT molecular complexity index is 539. The molecule has 20 heavy (non-hydrogen) atoms. The molecule has 2 nitrogen and oxygen atoms in total. The topological polar surface area (TPSA) is 24.1 Å². The van der Waals surface area contributed by atoms with Gasteiger partial charge in [0.05, 0.1) is 0 Å². The molecule has 0 spiro atoms. The van der Waals surface area contributed by atoms with Gasteiger partial charge in [0, 0.05) is 0 Å². The van der Waals surface area contributed by atoms with Crippen LogP contribution in [0, 0.1) is 5.92 Å². The maximum Gasteiger partial charge on any atom is -0.000813 e. The van der Waals surface area contributed by atoms with E-state index in [4.69, 9.17) is 0 Å². The minimum atomic E-state index is 0.889. The molecule has 1 atom stereocenters. The molecule has 2 heteroatoms. The SMILES string of the molecule is c1ccc2c(CCNCCC3CCNC3)cccc2c1. The Kier molecular flexibility index (Phi) is 4.67. The molecule has 1 aliphatic rings. The minimum Gasteiger partial charge on any atom is -0.316 e. The Morgan fingerprint density at radius 2 is 1.95 bits per heavy atom. The highest BCUT2D eigenvalue weighted by molar-refractivity contribution is 5.85. The molecule has 1 heterocycles. The monoisotopic (exact) mass is 268 g/mol. The van der Waals surface area contributed by atoms with Crippen LogP contribution in [-0.2, 0) is 6.42 Å². The van der Waals surface area contributed by atoms with Crippen molar-refractivity contribution in [3.63, 3.8) is 0 Å². The highest BCUT2D eigenvalue weighted by Gasteiger charge is 2.13. The average molecular weight is 268 g/mol. The fourth-order valence-corrected chi connectivity index (χ4v) is 3.13. The van der Waals surface area contributed by atoms with Crippen LogP contribution in [0.4, 0.5) is 0 Å². The van der Waals surface area contributed by atoms with Gasteiger partial charge in [0.2, 0.25) is 0 Å². The first-order valence-corrected chi connectivity index (χ1v) is 7.81. The molecule has 2 N–H and O–H groups in total. The maximum atomic E-state index is 3.60. The van der Waals surface area contributed by atoms with E-state index in [0.29, 0.717) is 0 Å². The lowest BCUT2D eigenvalue weighted by Gasteiger charge is -2.10. The van der Waals surface area contributed by atoms with E-state index in [1.165, 1.54) is 42.3 Å². The van der Waals surface area contributed by atoms with Gasteiger partial charge in [-0.2, -0.15) is 0 Å². The number of fused-ring (bicyclic) bond motifs is 1. The Morgan fingerprint density at radius 3 is 2.85 bits per heavy atom. The molecule has 0 radical (unpaired) electrons. The van der Waals surface area contributed by atoms with E-state index in [1.54, 1.807) is 0 Å². The zero-order valence-electron chi connectivity index (χ0n) is 12.1. The third-order valence-electron chi connectivity index (χ3n) is 4.34. The van der Waals surface area contributed by atoms with E-state index in [2.05, 4.69) is 53.1 Å². The molecule has 3 rings (SSSR count). The van der Waals surface area contributed by atoms with Gasteiger partial charge in [-0.25, -0.2) is 0 Å². The van der Waals surface area contributed by atoms with Gasteiger partial charge in [-0.15, -0.1) is 0 Å². The molecule has 1 aliphatic heterocycles. The zero-order chi connectivity index (χ0) is 13.6. The molecule has 0 aliphatic carbocycles. The highest BCUT2D eigenvalue weighted by atomic mass is 14.9. The second kappa shape index (κ2) is 6.87. The normalized spacial score (nSPS) is 18.7. The van der Waals surface area contributed by atoms with Crippen LogP contribution in [-0.4, -0.2) is 26.2 Å². The first-order chi connectivity index (χ1) is 9.93. The van der Waals surface area contributed by atoms with Crippen molar-refractivity contribution in [1.29, 1.82) is 0 Å². The summed E-state index contributed by atoms with van der Waals surface area (Å²) in [6, 6.07) is 15.3. The smallest absolute Gasteiger partial charge is 0.000813 e. The van der Waals surface area contributed by atoms with Gasteiger partial charge in [0.15, 0.2) is 0 Å². The Hall–Kier alpha value is -1.38. The summed E-state index contributed by atoms with van der Waals surface area (Å²) < 4.78 is 0. The third-order valence-corrected chi connectivity index (χ3v) is 4.34. The standard InChI is InChI=1S/C18H24N2/c1-2-7-18-16(4-1)5-3-6-17(18)10-13-19-11-8-15-9-12-20-14-15/h1-7,15,19-20H,8-14H2. The summed E-state index contributed by atoms with van der Waals surface area (Å²) in [6.45, 7) is 4.65. The predicted molar refractivity (Wildman–Crippen MR) is 86.1 cm³/mol. The number of hydrogen-bond acceptors (Lipinski definition) is 2. The van der Waals surface area contributed by atoms with Crippen LogP contribution in [0.1, 0.15) is 18.4 Å². The number of nitrogens with one attached hydrogen (secondary N) is 2. The Labute approximate surface area is 121 Å². The van der Waals surface area contributed by atoms with Crippen LogP contribution in [0.2, 0.25) is 0 Å². The summed E-state index contributed by atoms with van der Waals surface area (Å²) in [6.07, 6.45) is 3.78. The van der Waals surface area contributed by atoms with Crippen molar-refractivity contribution in [1.82, 2.24) is 10.6 Å². The molecule has 2 aromatic rings. The van der Waals surface area contributed by atoms with Gasteiger partial charge in [-0.1, -0.05) is 42.5 Å². The molecule has 0 bridgehead atoms. The van der Waals surface area contributed by atoms with Crippen LogP contribution in [0.3, 0.4) is 0 Å². The lowest BCUT2D eigenvalue weighted by Crippen LogP contribution is -2.21. The van der Waals surface area contributed by atoms with Gasteiger partial charge >= 0.3 is 0 Å². The first-order valence-electron chi connectivity index (χ1n) is 7.81. The number of rotatable bonds is 6. The first kappa shape index (κ1) is 13.6. The van der Waals surface area contributed by atoms with Crippen molar-refractivity contribution < 1.29 is 0 Å². The van der Waals surface area contributed by atoms with E-state index >= 15 is 0 Å². The molecular formula is C18H24N2. The van der Waals surface area contributed by atoms with Crippen LogP contribution < -0.4 is 10.6 Å². The maximum absolute atomic E-state index is 3.60. The zero-order valence-corrected chi connectivity index (χ0v) is 12.1. The third kappa shape index (κ3) is 3.38. The van der Waals surface area contributed by atoms with E-state index in [1.807, 2.05) is 0 Å². The van der Waals surface area contributed by atoms with Crippen molar-refractivity contribution in [3.8, 4) is 0 Å². The fourth-order valence-electron chi connectivity index (χ4n) is 3.13. The quantitative estimate of drug-likeness (QED) is 0.787. The molecule has 0 aromatic heterocycles.